The number of pyridine rings is 1. The molecule has 12 heteroatoms. The fourth-order valence-corrected chi connectivity index (χ4v) is 5.53. The standard InChI is InChI=1S/C28H32F7N3O2/c1-16(2)38-10-6-21(7-11-38)40-22-4-3-8-27(31,32)26(22)37-23(39)14-17-5-9-36-25(24(17)28(33,34)35)18-12-19(29)15-20(30)13-18/h5,9,12-13,15-16,21-22,26H,3-4,6-8,10-11,14H2,1-2H3,(H,37,39)/t22-,26+/m0/s1. The first-order valence-corrected chi connectivity index (χ1v) is 13.3. The third-order valence-electron chi connectivity index (χ3n) is 7.52. The maximum atomic E-state index is 15.0. The number of halogens is 7. The van der Waals surface area contributed by atoms with Crippen molar-refractivity contribution in [2.24, 2.45) is 0 Å². The molecule has 220 valence electrons. The molecule has 0 spiro atoms. The van der Waals surface area contributed by atoms with Crippen molar-refractivity contribution in [3.63, 3.8) is 0 Å². The van der Waals surface area contributed by atoms with E-state index in [1.165, 1.54) is 0 Å². The minimum absolute atomic E-state index is 0.186. The molecule has 1 amide bonds. The topological polar surface area (TPSA) is 54.5 Å². The lowest BCUT2D eigenvalue weighted by atomic mass is 9.88. The molecule has 1 aliphatic heterocycles. The van der Waals surface area contributed by atoms with Gasteiger partial charge in [0.1, 0.15) is 17.7 Å². The summed E-state index contributed by atoms with van der Waals surface area (Å²) in [4.78, 5) is 18.9. The van der Waals surface area contributed by atoms with Crippen LogP contribution in [0.15, 0.2) is 30.5 Å². The summed E-state index contributed by atoms with van der Waals surface area (Å²) in [5.74, 6) is -6.57. The number of alkyl halides is 5. The van der Waals surface area contributed by atoms with Crippen molar-refractivity contribution in [3.05, 3.63) is 53.2 Å². The first-order valence-electron chi connectivity index (χ1n) is 13.3. The smallest absolute Gasteiger partial charge is 0.373 e. The number of nitrogens with zero attached hydrogens (tertiary/aromatic N) is 2. The predicted molar refractivity (Wildman–Crippen MR) is 134 cm³/mol. The molecule has 5 nitrogen and oxygen atoms in total. The SMILES string of the molecule is CC(C)N1CCC(O[C@H]2CCCC(F)(F)[C@@H]2NC(=O)Cc2ccnc(-c3cc(F)cc(F)c3)c2C(F)(F)F)CC1. The van der Waals surface area contributed by atoms with Crippen molar-refractivity contribution in [3.8, 4) is 11.3 Å². The van der Waals surface area contributed by atoms with Gasteiger partial charge in [-0.2, -0.15) is 13.2 Å². The number of nitrogens with one attached hydrogen (secondary N) is 1. The number of hydrogen-bond donors (Lipinski definition) is 1. The van der Waals surface area contributed by atoms with Gasteiger partial charge in [0.2, 0.25) is 5.91 Å². The molecule has 4 rings (SSSR count). The Hall–Kier alpha value is -2.73. The highest BCUT2D eigenvalue weighted by molar-refractivity contribution is 5.80. The Bertz CT molecular complexity index is 1180. The summed E-state index contributed by atoms with van der Waals surface area (Å²) in [6.07, 6.45) is -4.95. The van der Waals surface area contributed by atoms with Crippen molar-refractivity contribution < 1.29 is 40.3 Å². The molecule has 1 aliphatic carbocycles. The van der Waals surface area contributed by atoms with E-state index in [0.717, 1.165) is 25.4 Å². The first kappa shape index (κ1) is 30.2. The van der Waals surface area contributed by atoms with Gasteiger partial charge in [0.05, 0.1) is 29.9 Å². The number of benzene rings is 1. The Morgan fingerprint density at radius 1 is 1.12 bits per heavy atom. The van der Waals surface area contributed by atoms with E-state index in [1.54, 1.807) is 0 Å². The van der Waals surface area contributed by atoms with Gasteiger partial charge < -0.3 is 15.0 Å². The lowest BCUT2D eigenvalue weighted by Gasteiger charge is -2.42. The monoisotopic (exact) mass is 575 g/mol. The van der Waals surface area contributed by atoms with Gasteiger partial charge in [-0.05, 0) is 63.3 Å². The summed E-state index contributed by atoms with van der Waals surface area (Å²) >= 11 is 0. The number of rotatable bonds is 7. The van der Waals surface area contributed by atoms with E-state index in [-0.39, 0.29) is 18.9 Å². The minimum Gasteiger partial charge on any atom is -0.373 e. The van der Waals surface area contributed by atoms with Crippen molar-refractivity contribution in [1.29, 1.82) is 0 Å². The molecule has 1 N–H and O–H groups in total. The molecule has 1 aromatic heterocycles. The van der Waals surface area contributed by atoms with Crippen LogP contribution in [-0.2, 0) is 22.1 Å². The zero-order valence-electron chi connectivity index (χ0n) is 22.2. The molecule has 2 heterocycles. The molecular formula is C28H32F7N3O2. The normalized spacial score (nSPS) is 22.4. The Kier molecular flexibility index (Phi) is 9.08. The molecule has 2 aromatic rings. The van der Waals surface area contributed by atoms with Crippen LogP contribution in [0.5, 0.6) is 0 Å². The second-order valence-electron chi connectivity index (χ2n) is 10.7. The van der Waals surface area contributed by atoms with E-state index in [1.807, 2.05) is 0 Å². The number of amides is 1. The number of hydrogen-bond acceptors (Lipinski definition) is 4. The highest BCUT2D eigenvalue weighted by atomic mass is 19.4. The fourth-order valence-electron chi connectivity index (χ4n) is 5.53. The van der Waals surface area contributed by atoms with Crippen LogP contribution in [0.2, 0.25) is 0 Å². The average Bonchev–Trinajstić information content (AvgIpc) is 2.85. The maximum Gasteiger partial charge on any atom is 0.418 e. The van der Waals surface area contributed by atoms with Crippen molar-refractivity contribution in [2.75, 3.05) is 13.1 Å². The quantitative estimate of drug-likeness (QED) is 0.403. The number of likely N-dealkylation sites (tertiary alicyclic amines) is 1. The number of ether oxygens (including phenoxy) is 1. The lowest BCUT2D eigenvalue weighted by Crippen LogP contribution is -2.58. The molecule has 40 heavy (non-hydrogen) atoms. The summed E-state index contributed by atoms with van der Waals surface area (Å²) < 4.78 is 106. The van der Waals surface area contributed by atoms with Crippen LogP contribution < -0.4 is 5.32 Å². The Morgan fingerprint density at radius 2 is 1.77 bits per heavy atom. The van der Waals surface area contributed by atoms with Gasteiger partial charge in [0.15, 0.2) is 0 Å². The molecule has 2 aliphatic rings. The molecule has 2 fully saturated rings. The van der Waals surface area contributed by atoms with E-state index >= 15 is 8.78 Å². The fraction of sp³-hybridized carbons (Fsp3) is 0.571. The summed E-state index contributed by atoms with van der Waals surface area (Å²) in [6.45, 7) is 5.65. The lowest BCUT2D eigenvalue weighted by molar-refractivity contribution is -0.157. The molecular weight excluding hydrogens is 543 g/mol. The van der Waals surface area contributed by atoms with Crippen LogP contribution in [-0.4, -0.2) is 59.1 Å². The summed E-state index contributed by atoms with van der Waals surface area (Å²) in [6, 6.07) is 1.48. The zero-order valence-corrected chi connectivity index (χ0v) is 22.2. The number of carbonyl (C=O) groups is 1. The van der Waals surface area contributed by atoms with Gasteiger partial charge >= 0.3 is 6.18 Å². The second-order valence-corrected chi connectivity index (χ2v) is 10.7. The van der Waals surface area contributed by atoms with Crippen LogP contribution in [0.25, 0.3) is 11.3 Å². The summed E-state index contributed by atoms with van der Waals surface area (Å²) in [5.41, 5.74) is -3.16. The van der Waals surface area contributed by atoms with E-state index in [4.69, 9.17) is 4.74 Å². The maximum absolute atomic E-state index is 15.0. The molecule has 1 saturated carbocycles. The van der Waals surface area contributed by atoms with E-state index in [0.29, 0.717) is 37.1 Å². The van der Waals surface area contributed by atoms with Crippen molar-refractivity contribution in [1.82, 2.24) is 15.2 Å². The third kappa shape index (κ3) is 7.12. The minimum atomic E-state index is -5.05. The highest BCUT2D eigenvalue weighted by Crippen LogP contribution is 2.40. The molecule has 1 saturated heterocycles. The summed E-state index contributed by atoms with van der Waals surface area (Å²) in [7, 11) is 0. The number of carbonyl (C=O) groups excluding carboxylic acids is 1. The van der Waals surface area contributed by atoms with Crippen LogP contribution in [0.1, 0.15) is 57.1 Å². The largest absolute Gasteiger partial charge is 0.418 e. The predicted octanol–water partition coefficient (Wildman–Crippen LogP) is 6.15. The Balaban J connectivity index is 1.54. The van der Waals surface area contributed by atoms with Crippen LogP contribution in [0.4, 0.5) is 30.7 Å². The highest BCUT2D eigenvalue weighted by Gasteiger charge is 2.49. The molecule has 2 atom stereocenters. The van der Waals surface area contributed by atoms with Gasteiger partial charge in [0.25, 0.3) is 5.92 Å². The van der Waals surface area contributed by atoms with E-state index < -0.39 is 77.0 Å². The van der Waals surface area contributed by atoms with Gasteiger partial charge in [-0.15, -0.1) is 0 Å². The van der Waals surface area contributed by atoms with Crippen molar-refractivity contribution >= 4 is 5.91 Å². The average molecular weight is 576 g/mol. The Labute approximate surface area is 228 Å². The number of piperidine rings is 1. The third-order valence-corrected chi connectivity index (χ3v) is 7.52. The van der Waals surface area contributed by atoms with Gasteiger partial charge in [0, 0.05) is 43.4 Å². The second kappa shape index (κ2) is 12.0. The van der Waals surface area contributed by atoms with Gasteiger partial charge in [-0.25, -0.2) is 17.6 Å². The van der Waals surface area contributed by atoms with Crippen molar-refractivity contribution in [2.45, 2.75) is 88.8 Å². The molecule has 0 radical (unpaired) electrons. The Morgan fingerprint density at radius 3 is 2.38 bits per heavy atom. The molecule has 1 aromatic carbocycles. The first-order chi connectivity index (χ1) is 18.7. The summed E-state index contributed by atoms with van der Waals surface area (Å²) in [5, 5.41) is 2.25. The van der Waals surface area contributed by atoms with E-state index in [2.05, 4.69) is 29.0 Å². The zero-order chi connectivity index (χ0) is 29.2. The molecule has 0 unspecified atom stereocenters. The van der Waals surface area contributed by atoms with E-state index in [9.17, 15) is 26.7 Å². The van der Waals surface area contributed by atoms with Crippen LogP contribution in [0, 0.1) is 11.6 Å². The van der Waals surface area contributed by atoms with Gasteiger partial charge in [-0.3, -0.25) is 9.78 Å². The van der Waals surface area contributed by atoms with Crippen LogP contribution >= 0.6 is 0 Å². The number of aromatic nitrogens is 1. The van der Waals surface area contributed by atoms with Crippen LogP contribution in [0.3, 0.4) is 0 Å². The van der Waals surface area contributed by atoms with Gasteiger partial charge in [-0.1, -0.05) is 0 Å². The molecule has 0 bridgehead atoms.